The van der Waals surface area contributed by atoms with Gasteiger partial charge in [0.05, 0.1) is 10.7 Å². The van der Waals surface area contributed by atoms with Crippen molar-refractivity contribution in [1.29, 1.82) is 0 Å². The largest absolute Gasteiger partial charge is 0.356 e. The quantitative estimate of drug-likeness (QED) is 0.473. The second kappa shape index (κ2) is 8.08. The molecule has 0 saturated carbocycles. The minimum Gasteiger partial charge on any atom is -0.356 e. The Bertz CT molecular complexity index is 384. The van der Waals surface area contributed by atoms with Gasteiger partial charge in [0.2, 0.25) is 0 Å². The lowest BCUT2D eigenvalue weighted by molar-refractivity contribution is 0.727. The molecule has 0 atom stereocenters. The summed E-state index contributed by atoms with van der Waals surface area (Å²) in [4.78, 5) is 10.0. The molecular weight excluding hydrogens is 244 g/mol. The Kier molecular flexibility index (Phi) is 6.72. The first-order valence-electron chi connectivity index (χ1n) is 6.54. The summed E-state index contributed by atoms with van der Waals surface area (Å²) >= 11 is 1.78. The first-order valence-corrected chi connectivity index (χ1v) is 7.36. The minimum absolute atomic E-state index is 0.891. The van der Waals surface area contributed by atoms with Crippen LogP contribution < -0.4 is 10.6 Å². The zero-order valence-electron chi connectivity index (χ0n) is 11.8. The molecule has 0 radical (unpaired) electrons. The molecule has 1 aromatic rings. The first-order chi connectivity index (χ1) is 8.67. The van der Waals surface area contributed by atoms with E-state index in [-0.39, 0.29) is 0 Å². The van der Waals surface area contributed by atoms with E-state index in [9.17, 15) is 0 Å². The van der Waals surface area contributed by atoms with Gasteiger partial charge >= 0.3 is 0 Å². The van der Waals surface area contributed by atoms with Gasteiger partial charge in [0.1, 0.15) is 0 Å². The van der Waals surface area contributed by atoms with E-state index in [0.29, 0.717) is 0 Å². The Morgan fingerprint density at radius 1 is 1.28 bits per heavy atom. The standard InChI is InChI=1S/C13H24N4S/c1-5-6-8-15-13(14-4)16-9-7-12-10(2)17-11(3)18-12/h5-9H2,1-4H3,(H2,14,15,16). The third kappa shape index (κ3) is 5.04. The number of thiazole rings is 1. The zero-order chi connectivity index (χ0) is 13.4. The monoisotopic (exact) mass is 268 g/mol. The molecule has 0 fully saturated rings. The van der Waals surface area contributed by atoms with Crippen LogP contribution in [0.2, 0.25) is 0 Å². The van der Waals surface area contributed by atoms with Crippen molar-refractivity contribution in [3.63, 3.8) is 0 Å². The lowest BCUT2D eigenvalue weighted by Gasteiger charge is -2.10. The molecular formula is C13H24N4S. The van der Waals surface area contributed by atoms with Gasteiger partial charge in [-0.2, -0.15) is 0 Å². The van der Waals surface area contributed by atoms with Crippen molar-refractivity contribution in [3.8, 4) is 0 Å². The highest BCUT2D eigenvalue weighted by atomic mass is 32.1. The molecule has 4 nitrogen and oxygen atoms in total. The van der Waals surface area contributed by atoms with Crippen molar-refractivity contribution < 1.29 is 0 Å². The van der Waals surface area contributed by atoms with Crippen LogP contribution in [-0.4, -0.2) is 31.1 Å². The number of aryl methyl sites for hydroxylation is 2. The van der Waals surface area contributed by atoms with Crippen LogP contribution in [0.15, 0.2) is 4.99 Å². The number of hydrogen-bond acceptors (Lipinski definition) is 3. The molecule has 1 rings (SSSR count). The average molecular weight is 268 g/mol. The highest BCUT2D eigenvalue weighted by molar-refractivity contribution is 7.11. The predicted octanol–water partition coefficient (Wildman–Crippen LogP) is 2.27. The fourth-order valence-electron chi connectivity index (χ4n) is 1.70. The summed E-state index contributed by atoms with van der Waals surface area (Å²) in [5, 5.41) is 7.78. The average Bonchev–Trinajstić information content (AvgIpc) is 2.66. The van der Waals surface area contributed by atoms with E-state index < -0.39 is 0 Å². The molecule has 0 bridgehead atoms. The lowest BCUT2D eigenvalue weighted by Crippen LogP contribution is -2.38. The maximum atomic E-state index is 4.43. The van der Waals surface area contributed by atoms with E-state index in [1.54, 1.807) is 11.3 Å². The van der Waals surface area contributed by atoms with Crippen LogP contribution >= 0.6 is 11.3 Å². The maximum absolute atomic E-state index is 4.43. The molecule has 0 aliphatic carbocycles. The highest BCUT2D eigenvalue weighted by Crippen LogP contribution is 2.16. The van der Waals surface area contributed by atoms with Crippen LogP contribution in [0.25, 0.3) is 0 Å². The SMILES string of the molecule is CCCCNC(=NC)NCCc1sc(C)nc1C. The summed E-state index contributed by atoms with van der Waals surface area (Å²) in [6, 6.07) is 0. The Balaban J connectivity index is 2.29. The summed E-state index contributed by atoms with van der Waals surface area (Å²) in [5.41, 5.74) is 1.16. The number of rotatable bonds is 6. The molecule has 0 aromatic carbocycles. The van der Waals surface area contributed by atoms with Crippen LogP contribution in [0.1, 0.15) is 35.3 Å². The summed E-state index contributed by atoms with van der Waals surface area (Å²) in [6.45, 7) is 8.20. The van der Waals surface area contributed by atoms with E-state index in [4.69, 9.17) is 0 Å². The van der Waals surface area contributed by atoms with Crippen molar-refractivity contribution in [2.45, 2.75) is 40.0 Å². The smallest absolute Gasteiger partial charge is 0.190 e. The number of hydrogen-bond donors (Lipinski definition) is 2. The van der Waals surface area contributed by atoms with Crippen molar-refractivity contribution >= 4 is 17.3 Å². The summed E-state index contributed by atoms with van der Waals surface area (Å²) in [5.74, 6) is 0.891. The second-order valence-corrected chi connectivity index (χ2v) is 5.56. The zero-order valence-corrected chi connectivity index (χ0v) is 12.7. The molecule has 0 aliphatic rings. The van der Waals surface area contributed by atoms with Gasteiger partial charge in [0.25, 0.3) is 0 Å². The topological polar surface area (TPSA) is 49.3 Å². The van der Waals surface area contributed by atoms with Gasteiger partial charge in [-0.3, -0.25) is 4.99 Å². The third-order valence-electron chi connectivity index (χ3n) is 2.69. The number of guanidine groups is 1. The van der Waals surface area contributed by atoms with E-state index in [0.717, 1.165) is 36.2 Å². The molecule has 18 heavy (non-hydrogen) atoms. The van der Waals surface area contributed by atoms with Crippen LogP contribution in [0.5, 0.6) is 0 Å². The minimum atomic E-state index is 0.891. The molecule has 0 amide bonds. The molecule has 0 aliphatic heterocycles. The van der Waals surface area contributed by atoms with Gasteiger partial charge in [-0.05, 0) is 20.3 Å². The summed E-state index contributed by atoms with van der Waals surface area (Å²) < 4.78 is 0. The van der Waals surface area contributed by atoms with E-state index in [1.807, 2.05) is 7.05 Å². The molecule has 102 valence electrons. The van der Waals surface area contributed by atoms with E-state index in [2.05, 4.69) is 41.4 Å². The van der Waals surface area contributed by atoms with Crippen LogP contribution in [0.4, 0.5) is 0 Å². The first kappa shape index (κ1) is 15.0. The highest BCUT2D eigenvalue weighted by Gasteiger charge is 2.04. The van der Waals surface area contributed by atoms with Crippen molar-refractivity contribution in [1.82, 2.24) is 15.6 Å². The number of nitrogens with zero attached hydrogens (tertiary/aromatic N) is 2. The molecule has 1 heterocycles. The molecule has 2 N–H and O–H groups in total. The van der Waals surface area contributed by atoms with Gasteiger partial charge in [0.15, 0.2) is 5.96 Å². The Morgan fingerprint density at radius 2 is 2.00 bits per heavy atom. The number of aliphatic imine (C=N–C) groups is 1. The van der Waals surface area contributed by atoms with E-state index >= 15 is 0 Å². The Morgan fingerprint density at radius 3 is 2.56 bits per heavy atom. The molecule has 1 aromatic heterocycles. The lowest BCUT2D eigenvalue weighted by atomic mass is 10.3. The molecule has 0 saturated heterocycles. The third-order valence-corrected chi connectivity index (χ3v) is 3.82. The van der Waals surface area contributed by atoms with E-state index in [1.165, 1.54) is 17.7 Å². The van der Waals surface area contributed by atoms with Crippen LogP contribution in [-0.2, 0) is 6.42 Å². The fraction of sp³-hybridized carbons (Fsp3) is 0.692. The number of unbranched alkanes of at least 4 members (excludes halogenated alkanes) is 1. The van der Waals surface area contributed by atoms with Crippen LogP contribution in [0.3, 0.4) is 0 Å². The van der Waals surface area contributed by atoms with Crippen LogP contribution in [0, 0.1) is 13.8 Å². The maximum Gasteiger partial charge on any atom is 0.190 e. The van der Waals surface area contributed by atoms with Crippen molar-refractivity contribution in [2.24, 2.45) is 4.99 Å². The number of nitrogens with one attached hydrogen (secondary N) is 2. The van der Waals surface area contributed by atoms with Gasteiger partial charge in [-0.1, -0.05) is 13.3 Å². The van der Waals surface area contributed by atoms with Crippen molar-refractivity contribution in [2.75, 3.05) is 20.1 Å². The van der Waals surface area contributed by atoms with Gasteiger partial charge in [0, 0.05) is 31.4 Å². The summed E-state index contributed by atoms with van der Waals surface area (Å²) in [6.07, 6.45) is 3.38. The second-order valence-electron chi connectivity index (χ2n) is 4.27. The number of aromatic nitrogens is 1. The predicted molar refractivity (Wildman–Crippen MR) is 79.6 cm³/mol. The van der Waals surface area contributed by atoms with Gasteiger partial charge in [-0.25, -0.2) is 4.98 Å². The van der Waals surface area contributed by atoms with Crippen molar-refractivity contribution in [3.05, 3.63) is 15.6 Å². The summed E-state index contributed by atoms with van der Waals surface area (Å²) in [7, 11) is 1.81. The van der Waals surface area contributed by atoms with Gasteiger partial charge in [-0.15, -0.1) is 11.3 Å². The Labute approximate surface area is 114 Å². The molecule has 0 unspecified atom stereocenters. The fourth-order valence-corrected chi connectivity index (χ4v) is 2.64. The molecule has 5 heteroatoms. The normalized spacial score (nSPS) is 11.7. The molecule has 0 spiro atoms. The van der Waals surface area contributed by atoms with Gasteiger partial charge < -0.3 is 10.6 Å². The Hall–Kier alpha value is -1.10.